The molecule has 0 radical (unpaired) electrons. The van der Waals surface area contributed by atoms with Crippen molar-refractivity contribution in [1.82, 2.24) is 10.2 Å². The molecule has 0 spiro atoms. The van der Waals surface area contributed by atoms with E-state index in [1.54, 1.807) is 0 Å². The number of morpholine rings is 1. The predicted octanol–water partition coefficient (Wildman–Crippen LogP) is 3.08. The average molecular weight is 355 g/mol. The summed E-state index contributed by atoms with van der Waals surface area (Å²) in [4.78, 5) is 2.52. The molecule has 2 rings (SSSR count). The second kappa shape index (κ2) is 7.73. The minimum absolute atomic E-state index is 0.178. The first-order valence-corrected chi connectivity index (χ1v) is 8.57. The zero-order valence-electron chi connectivity index (χ0n) is 13.4. The Balaban J connectivity index is 1.79. The van der Waals surface area contributed by atoms with Crippen LogP contribution in [-0.2, 0) is 11.2 Å². The Morgan fingerprint density at radius 3 is 2.48 bits per heavy atom. The lowest BCUT2D eigenvalue weighted by molar-refractivity contribution is -0.0102. The summed E-state index contributed by atoms with van der Waals surface area (Å²) in [5.74, 6) is 0. The van der Waals surface area contributed by atoms with Gasteiger partial charge < -0.3 is 10.1 Å². The van der Waals surface area contributed by atoms with Crippen LogP contribution >= 0.6 is 15.9 Å². The summed E-state index contributed by atoms with van der Waals surface area (Å²) in [7, 11) is 0. The number of hydrogen-bond donors (Lipinski definition) is 1. The molecule has 3 nitrogen and oxygen atoms in total. The number of nitrogens with one attached hydrogen (secondary N) is 1. The van der Waals surface area contributed by atoms with Gasteiger partial charge in [-0.3, -0.25) is 4.90 Å². The third-order valence-electron chi connectivity index (χ3n) is 4.21. The maximum Gasteiger partial charge on any atom is 0.0594 e. The summed E-state index contributed by atoms with van der Waals surface area (Å²) in [6.07, 6.45) is 1.06. The lowest BCUT2D eigenvalue weighted by Gasteiger charge is -2.41. The molecule has 1 fully saturated rings. The van der Waals surface area contributed by atoms with E-state index in [1.807, 2.05) is 0 Å². The van der Waals surface area contributed by atoms with E-state index in [0.717, 1.165) is 43.7 Å². The molecule has 0 saturated carbocycles. The van der Waals surface area contributed by atoms with Crippen molar-refractivity contribution in [3.8, 4) is 0 Å². The number of benzene rings is 1. The summed E-state index contributed by atoms with van der Waals surface area (Å²) in [5.41, 5.74) is 1.56. The summed E-state index contributed by atoms with van der Waals surface area (Å²) >= 11 is 3.48. The number of ether oxygens (including phenoxy) is 1. The summed E-state index contributed by atoms with van der Waals surface area (Å²) < 4.78 is 6.58. The molecule has 1 saturated heterocycles. The Labute approximate surface area is 137 Å². The lowest BCUT2D eigenvalue weighted by Crippen LogP contribution is -2.55. The molecule has 0 aromatic heterocycles. The molecule has 0 amide bonds. The summed E-state index contributed by atoms with van der Waals surface area (Å²) in [6.45, 7) is 11.7. The Morgan fingerprint density at radius 1 is 1.24 bits per heavy atom. The maximum absolute atomic E-state index is 5.44. The van der Waals surface area contributed by atoms with Crippen LogP contribution in [0, 0.1) is 0 Å². The molecule has 118 valence electrons. The number of nitrogens with zero attached hydrogens (tertiary/aromatic N) is 1. The molecule has 1 aromatic rings. The molecule has 0 bridgehead atoms. The molecule has 1 atom stereocenters. The van der Waals surface area contributed by atoms with E-state index < -0.39 is 0 Å². The van der Waals surface area contributed by atoms with Crippen LogP contribution in [0.25, 0.3) is 0 Å². The van der Waals surface area contributed by atoms with Crippen molar-refractivity contribution in [2.75, 3.05) is 32.8 Å². The second-order valence-electron chi connectivity index (χ2n) is 6.52. The topological polar surface area (TPSA) is 24.5 Å². The molecule has 1 unspecified atom stereocenters. The minimum atomic E-state index is 0.178. The van der Waals surface area contributed by atoms with E-state index in [2.05, 4.69) is 71.2 Å². The van der Waals surface area contributed by atoms with Crippen LogP contribution < -0.4 is 5.32 Å². The van der Waals surface area contributed by atoms with E-state index in [9.17, 15) is 0 Å². The van der Waals surface area contributed by atoms with Gasteiger partial charge in [-0.2, -0.15) is 0 Å². The first kappa shape index (κ1) is 16.9. The summed E-state index contributed by atoms with van der Waals surface area (Å²) in [6, 6.07) is 9.08. The standard InChI is InChI=1S/C17H27BrN2O/c1-14(12-15-4-6-16(18)7-5-15)19-13-17(2,3)20-8-10-21-11-9-20/h4-7,14,19H,8-13H2,1-3H3. The monoisotopic (exact) mass is 354 g/mol. The van der Waals surface area contributed by atoms with Crippen LogP contribution in [0.1, 0.15) is 26.3 Å². The largest absolute Gasteiger partial charge is 0.379 e. The molecule has 4 heteroatoms. The molecule has 0 aliphatic carbocycles. The Kier molecular flexibility index (Phi) is 6.23. The SMILES string of the molecule is CC(Cc1ccc(Br)cc1)NCC(C)(C)N1CCOCC1. The van der Waals surface area contributed by atoms with Gasteiger partial charge in [0.2, 0.25) is 0 Å². The van der Waals surface area contributed by atoms with Crippen LogP contribution in [-0.4, -0.2) is 49.3 Å². The molecule has 1 aliphatic rings. The zero-order chi connectivity index (χ0) is 15.3. The Morgan fingerprint density at radius 2 is 1.86 bits per heavy atom. The first-order chi connectivity index (χ1) is 9.97. The number of hydrogen-bond acceptors (Lipinski definition) is 3. The molecule has 1 N–H and O–H groups in total. The fourth-order valence-corrected chi connectivity index (χ4v) is 3.02. The van der Waals surface area contributed by atoms with Crippen molar-refractivity contribution >= 4 is 15.9 Å². The third-order valence-corrected chi connectivity index (χ3v) is 4.73. The molecule has 1 heterocycles. The fraction of sp³-hybridized carbons (Fsp3) is 0.647. The predicted molar refractivity (Wildman–Crippen MR) is 91.8 cm³/mol. The first-order valence-electron chi connectivity index (χ1n) is 7.78. The van der Waals surface area contributed by atoms with Gasteiger partial charge in [0.05, 0.1) is 13.2 Å². The molecular formula is C17H27BrN2O. The van der Waals surface area contributed by atoms with Gasteiger partial charge in [0.25, 0.3) is 0 Å². The van der Waals surface area contributed by atoms with Crippen molar-refractivity contribution in [3.05, 3.63) is 34.3 Å². The van der Waals surface area contributed by atoms with Crippen LogP contribution in [0.15, 0.2) is 28.7 Å². The lowest BCUT2D eigenvalue weighted by atomic mass is 10.0. The van der Waals surface area contributed by atoms with Gasteiger partial charge in [0.15, 0.2) is 0 Å². The third kappa shape index (κ3) is 5.37. The highest BCUT2D eigenvalue weighted by atomic mass is 79.9. The van der Waals surface area contributed by atoms with Gasteiger partial charge in [-0.05, 0) is 44.9 Å². The molecule has 21 heavy (non-hydrogen) atoms. The average Bonchev–Trinajstić information content (AvgIpc) is 2.49. The minimum Gasteiger partial charge on any atom is -0.379 e. The smallest absolute Gasteiger partial charge is 0.0594 e. The van der Waals surface area contributed by atoms with Gasteiger partial charge in [0, 0.05) is 35.7 Å². The van der Waals surface area contributed by atoms with Crippen molar-refractivity contribution in [2.24, 2.45) is 0 Å². The summed E-state index contributed by atoms with van der Waals surface area (Å²) in [5, 5.41) is 3.69. The van der Waals surface area contributed by atoms with Gasteiger partial charge >= 0.3 is 0 Å². The van der Waals surface area contributed by atoms with Crippen LogP contribution in [0.4, 0.5) is 0 Å². The van der Waals surface area contributed by atoms with Gasteiger partial charge in [-0.1, -0.05) is 28.1 Å². The van der Waals surface area contributed by atoms with E-state index in [-0.39, 0.29) is 5.54 Å². The highest BCUT2D eigenvalue weighted by Gasteiger charge is 2.28. The second-order valence-corrected chi connectivity index (χ2v) is 7.44. The highest BCUT2D eigenvalue weighted by Crippen LogP contribution is 2.16. The number of rotatable bonds is 6. The fourth-order valence-electron chi connectivity index (χ4n) is 2.75. The molecular weight excluding hydrogens is 328 g/mol. The van der Waals surface area contributed by atoms with Gasteiger partial charge in [0.1, 0.15) is 0 Å². The van der Waals surface area contributed by atoms with Crippen molar-refractivity contribution in [2.45, 2.75) is 38.8 Å². The van der Waals surface area contributed by atoms with Gasteiger partial charge in [-0.15, -0.1) is 0 Å². The van der Waals surface area contributed by atoms with E-state index in [1.165, 1.54) is 5.56 Å². The van der Waals surface area contributed by atoms with E-state index in [0.29, 0.717) is 6.04 Å². The van der Waals surface area contributed by atoms with Crippen LogP contribution in [0.2, 0.25) is 0 Å². The van der Waals surface area contributed by atoms with Crippen molar-refractivity contribution < 1.29 is 4.74 Å². The Bertz CT molecular complexity index is 427. The van der Waals surface area contributed by atoms with E-state index >= 15 is 0 Å². The van der Waals surface area contributed by atoms with Gasteiger partial charge in [-0.25, -0.2) is 0 Å². The van der Waals surface area contributed by atoms with Crippen molar-refractivity contribution in [3.63, 3.8) is 0 Å². The quantitative estimate of drug-likeness (QED) is 0.849. The van der Waals surface area contributed by atoms with Crippen LogP contribution in [0.3, 0.4) is 0 Å². The highest BCUT2D eigenvalue weighted by molar-refractivity contribution is 9.10. The van der Waals surface area contributed by atoms with Crippen molar-refractivity contribution in [1.29, 1.82) is 0 Å². The van der Waals surface area contributed by atoms with Crippen LogP contribution in [0.5, 0.6) is 0 Å². The number of halogens is 1. The van der Waals surface area contributed by atoms with E-state index in [4.69, 9.17) is 4.74 Å². The maximum atomic E-state index is 5.44. The zero-order valence-corrected chi connectivity index (χ0v) is 14.9. The molecule has 1 aromatic carbocycles. The Hall–Kier alpha value is -0.420. The normalized spacial score (nSPS) is 18.7. The molecule has 1 aliphatic heterocycles.